The molecular formula is C18H14BrCl2N3O3. The van der Waals surface area contributed by atoms with Crippen LogP contribution in [-0.2, 0) is 20.9 Å². The molecule has 6 nitrogen and oxygen atoms in total. The van der Waals surface area contributed by atoms with Crippen molar-refractivity contribution in [1.29, 1.82) is 0 Å². The Bertz CT molecular complexity index is 951. The van der Waals surface area contributed by atoms with Gasteiger partial charge in [-0.2, -0.15) is 5.10 Å². The molecule has 5 rings (SSSR count). The molecule has 1 aromatic carbocycles. The predicted molar refractivity (Wildman–Crippen MR) is 103 cm³/mol. The van der Waals surface area contributed by atoms with Gasteiger partial charge in [0.1, 0.15) is 0 Å². The van der Waals surface area contributed by atoms with E-state index < -0.39 is 0 Å². The highest BCUT2D eigenvalue weighted by Crippen LogP contribution is 2.49. The van der Waals surface area contributed by atoms with Crippen LogP contribution >= 0.6 is 39.1 Å². The molecule has 2 aromatic rings. The van der Waals surface area contributed by atoms with Crippen LogP contribution in [0.2, 0.25) is 10.0 Å². The minimum Gasteiger partial charge on any atom is -0.373 e. The van der Waals surface area contributed by atoms with Crippen molar-refractivity contribution in [3.63, 3.8) is 0 Å². The highest BCUT2D eigenvalue weighted by atomic mass is 79.9. The van der Waals surface area contributed by atoms with Crippen molar-refractivity contribution < 1.29 is 14.3 Å². The van der Waals surface area contributed by atoms with Gasteiger partial charge in [0.25, 0.3) is 0 Å². The molecule has 3 saturated heterocycles. The van der Waals surface area contributed by atoms with Crippen LogP contribution in [0.15, 0.2) is 28.9 Å². The minimum absolute atomic E-state index is 0.143. The van der Waals surface area contributed by atoms with E-state index >= 15 is 0 Å². The normalized spacial score (nSPS) is 29.1. The highest BCUT2D eigenvalue weighted by molar-refractivity contribution is 9.10. The van der Waals surface area contributed by atoms with Gasteiger partial charge in [0, 0.05) is 16.2 Å². The fourth-order valence-corrected chi connectivity index (χ4v) is 5.33. The average molecular weight is 471 g/mol. The third-order valence-corrected chi connectivity index (χ3v) is 6.69. The summed E-state index contributed by atoms with van der Waals surface area (Å²) in [4.78, 5) is 27.1. The second-order valence-electron chi connectivity index (χ2n) is 7.09. The number of anilines is 1. The van der Waals surface area contributed by atoms with Crippen LogP contribution in [0.25, 0.3) is 0 Å². The third-order valence-electron chi connectivity index (χ3n) is 5.54. The van der Waals surface area contributed by atoms with E-state index in [1.165, 1.54) is 4.90 Å². The summed E-state index contributed by atoms with van der Waals surface area (Å²) in [6.07, 6.45) is 3.12. The van der Waals surface area contributed by atoms with Gasteiger partial charge in [0.05, 0.1) is 35.1 Å². The van der Waals surface area contributed by atoms with Crippen LogP contribution in [0.1, 0.15) is 18.4 Å². The van der Waals surface area contributed by atoms with E-state index in [-0.39, 0.29) is 35.9 Å². The molecule has 3 aliphatic rings. The van der Waals surface area contributed by atoms with Gasteiger partial charge < -0.3 is 4.74 Å². The van der Waals surface area contributed by atoms with E-state index in [4.69, 9.17) is 27.9 Å². The van der Waals surface area contributed by atoms with E-state index in [0.717, 1.165) is 18.4 Å². The Morgan fingerprint density at radius 2 is 1.81 bits per heavy atom. The first-order valence-corrected chi connectivity index (χ1v) is 10.2. The molecule has 0 radical (unpaired) electrons. The fraction of sp³-hybridized carbons (Fsp3) is 0.389. The van der Waals surface area contributed by atoms with E-state index in [2.05, 4.69) is 21.0 Å². The van der Waals surface area contributed by atoms with E-state index in [0.29, 0.717) is 26.9 Å². The minimum atomic E-state index is -0.376. The quantitative estimate of drug-likeness (QED) is 0.642. The molecule has 140 valence electrons. The number of nitrogens with zero attached hydrogens (tertiary/aromatic N) is 3. The number of imide groups is 1. The summed E-state index contributed by atoms with van der Waals surface area (Å²) in [5.41, 5.74) is 0.838. The van der Waals surface area contributed by atoms with Gasteiger partial charge in [-0.05, 0) is 46.5 Å². The van der Waals surface area contributed by atoms with Crippen LogP contribution in [0.4, 0.5) is 5.82 Å². The highest BCUT2D eigenvalue weighted by Gasteiger charge is 2.63. The topological polar surface area (TPSA) is 64.4 Å². The fourth-order valence-electron chi connectivity index (χ4n) is 4.36. The monoisotopic (exact) mass is 469 g/mol. The number of hydrogen-bond donors (Lipinski definition) is 0. The molecule has 3 aliphatic heterocycles. The molecule has 0 unspecified atom stereocenters. The summed E-state index contributed by atoms with van der Waals surface area (Å²) in [5, 5.41) is 5.56. The van der Waals surface area contributed by atoms with Crippen LogP contribution < -0.4 is 4.90 Å². The van der Waals surface area contributed by atoms with Gasteiger partial charge in [-0.15, -0.1) is 0 Å². The molecule has 27 heavy (non-hydrogen) atoms. The molecule has 0 N–H and O–H groups in total. The number of fused-ring (bicyclic) bond motifs is 5. The van der Waals surface area contributed by atoms with Gasteiger partial charge in [0.15, 0.2) is 5.82 Å². The molecule has 9 heteroatoms. The van der Waals surface area contributed by atoms with Crippen molar-refractivity contribution in [2.45, 2.75) is 31.6 Å². The Kier molecular flexibility index (Phi) is 4.13. The summed E-state index contributed by atoms with van der Waals surface area (Å²) in [5.74, 6) is -0.859. The smallest absolute Gasteiger partial charge is 0.241 e. The van der Waals surface area contributed by atoms with Crippen molar-refractivity contribution in [2.24, 2.45) is 11.8 Å². The second kappa shape index (κ2) is 6.30. The molecule has 2 bridgehead atoms. The van der Waals surface area contributed by atoms with Gasteiger partial charge in [0.2, 0.25) is 11.8 Å². The lowest BCUT2D eigenvalue weighted by Gasteiger charge is -2.15. The zero-order valence-corrected chi connectivity index (χ0v) is 17.0. The first-order chi connectivity index (χ1) is 12.9. The standard InChI is InChI=1S/C18H14BrCl2N3O3/c19-10-7-23(6-8-1-2-9(20)5-11(8)21)22-16(10)24-17(25)14-12-3-4-13(27-12)15(14)18(24)26/h1-2,5,7,12-15H,3-4,6H2/t12-,13-,14-,15-/m0/s1. The number of rotatable bonds is 3. The Labute approximate surface area is 173 Å². The third kappa shape index (κ3) is 2.67. The van der Waals surface area contributed by atoms with Gasteiger partial charge in [-0.3, -0.25) is 14.3 Å². The SMILES string of the molecule is O=C1[C@@H]2[C@@H](C(=O)N1c1nn(Cc3ccc(Cl)cc3Cl)cc1Br)[C@@H]1CC[C@@H]2O1. The summed E-state index contributed by atoms with van der Waals surface area (Å²) in [6, 6.07) is 5.25. The number of aromatic nitrogens is 2. The van der Waals surface area contributed by atoms with Crippen molar-refractivity contribution >= 4 is 56.8 Å². The van der Waals surface area contributed by atoms with Crippen LogP contribution in [0.5, 0.6) is 0 Å². The van der Waals surface area contributed by atoms with Crippen LogP contribution in [0, 0.1) is 11.8 Å². The molecule has 1 aromatic heterocycles. The average Bonchev–Trinajstić information content (AvgIpc) is 3.36. The zero-order valence-electron chi connectivity index (χ0n) is 13.9. The summed E-state index contributed by atoms with van der Waals surface area (Å²) in [7, 11) is 0. The Morgan fingerprint density at radius 1 is 1.15 bits per heavy atom. The molecule has 3 fully saturated rings. The number of ether oxygens (including phenoxy) is 1. The van der Waals surface area contributed by atoms with E-state index in [9.17, 15) is 9.59 Å². The molecule has 0 spiro atoms. The zero-order chi connectivity index (χ0) is 18.9. The summed E-state index contributed by atoms with van der Waals surface area (Å²) in [6.45, 7) is 0.395. The molecule has 2 amide bonds. The number of hydrogen-bond acceptors (Lipinski definition) is 4. The van der Waals surface area contributed by atoms with Crippen LogP contribution in [-0.4, -0.2) is 33.8 Å². The number of amides is 2. The maximum Gasteiger partial charge on any atom is 0.241 e. The lowest BCUT2D eigenvalue weighted by Crippen LogP contribution is -2.34. The maximum absolute atomic E-state index is 12.9. The summed E-state index contributed by atoms with van der Waals surface area (Å²) >= 11 is 15.6. The van der Waals surface area contributed by atoms with Crippen molar-refractivity contribution in [3.8, 4) is 0 Å². The van der Waals surface area contributed by atoms with Crippen molar-refractivity contribution in [3.05, 3.63) is 44.5 Å². The number of benzene rings is 1. The second-order valence-corrected chi connectivity index (χ2v) is 8.79. The number of carbonyl (C=O) groups excluding carboxylic acids is 2. The molecule has 4 heterocycles. The largest absolute Gasteiger partial charge is 0.373 e. The predicted octanol–water partition coefficient (Wildman–Crippen LogP) is 3.67. The van der Waals surface area contributed by atoms with Gasteiger partial charge in [-0.1, -0.05) is 29.3 Å². The summed E-state index contributed by atoms with van der Waals surface area (Å²) < 4.78 is 8.00. The van der Waals surface area contributed by atoms with E-state index in [1.54, 1.807) is 23.0 Å². The molecule has 0 aliphatic carbocycles. The number of carbonyl (C=O) groups is 2. The van der Waals surface area contributed by atoms with Gasteiger partial charge in [-0.25, -0.2) is 4.90 Å². The van der Waals surface area contributed by atoms with Crippen molar-refractivity contribution in [1.82, 2.24) is 9.78 Å². The number of halogens is 3. The molecular weight excluding hydrogens is 457 g/mol. The first kappa shape index (κ1) is 17.7. The lowest BCUT2D eigenvalue weighted by atomic mass is 9.81. The Balaban J connectivity index is 1.45. The maximum atomic E-state index is 12.9. The van der Waals surface area contributed by atoms with Crippen LogP contribution in [0.3, 0.4) is 0 Å². The Hall–Kier alpha value is -1.41. The van der Waals surface area contributed by atoms with Crippen molar-refractivity contribution in [2.75, 3.05) is 4.90 Å². The lowest BCUT2D eigenvalue weighted by molar-refractivity contribution is -0.124. The van der Waals surface area contributed by atoms with E-state index in [1.807, 2.05) is 6.07 Å². The molecule has 4 atom stereocenters. The first-order valence-electron chi connectivity index (χ1n) is 8.64. The van der Waals surface area contributed by atoms with Gasteiger partial charge >= 0.3 is 0 Å². The molecule has 0 saturated carbocycles. The Morgan fingerprint density at radius 3 is 2.44 bits per heavy atom.